The summed E-state index contributed by atoms with van der Waals surface area (Å²) in [6.45, 7) is 4.19. The van der Waals surface area contributed by atoms with Crippen molar-refractivity contribution >= 4 is 5.82 Å². The third-order valence-electron chi connectivity index (χ3n) is 6.43. The van der Waals surface area contributed by atoms with Crippen LogP contribution in [0.3, 0.4) is 0 Å². The number of nitrogens with one attached hydrogen (secondary N) is 1. The summed E-state index contributed by atoms with van der Waals surface area (Å²) in [6.07, 6.45) is 11.4. The van der Waals surface area contributed by atoms with E-state index in [1.807, 2.05) is 17.9 Å². The molecule has 2 aliphatic rings. The largest absolute Gasteiger partial charge is 0.356 e. The fourth-order valence-electron chi connectivity index (χ4n) is 4.76. The second kappa shape index (κ2) is 7.57. The van der Waals surface area contributed by atoms with Gasteiger partial charge in [0.2, 0.25) is 5.82 Å². The van der Waals surface area contributed by atoms with Crippen LogP contribution in [0.4, 0.5) is 5.82 Å². The van der Waals surface area contributed by atoms with E-state index >= 15 is 0 Å². The maximum atomic E-state index is 5.25. The summed E-state index contributed by atoms with van der Waals surface area (Å²) in [5.41, 5.74) is 7.12. The van der Waals surface area contributed by atoms with E-state index < -0.39 is 0 Å². The number of tetrazole rings is 1. The minimum absolute atomic E-state index is 0.628. The highest BCUT2D eigenvalue weighted by Gasteiger charge is 2.29. The molecule has 0 aromatic carbocycles. The van der Waals surface area contributed by atoms with Gasteiger partial charge in [-0.05, 0) is 62.6 Å². The zero-order valence-corrected chi connectivity index (χ0v) is 17.3. The van der Waals surface area contributed by atoms with Crippen LogP contribution in [0, 0.1) is 6.92 Å². The number of nitrogens with zero attached hydrogens (tertiary/aromatic N) is 7. The Bertz CT molecular complexity index is 998. The van der Waals surface area contributed by atoms with Gasteiger partial charge in [-0.25, -0.2) is 4.98 Å². The number of pyridine rings is 1. The Hall–Kier alpha value is -2.77. The smallest absolute Gasteiger partial charge is 0.209 e. The molecular weight excluding hydrogens is 364 g/mol. The first kappa shape index (κ1) is 18.3. The first-order chi connectivity index (χ1) is 14.2. The van der Waals surface area contributed by atoms with Crippen LogP contribution in [0.25, 0.3) is 22.5 Å². The van der Waals surface area contributed by atoms with Gasteiger partial charge >= 0.3 is 0 Å². The number of hydrogen-bond acceptors (Lipinski definition) is 6. The van der Waals surface area contributed by atoms with Crippen LogP contribution < -0.4 is 4.90 Å². The monoisotopic (exact) mass is 392 g/mol. The van der Waals surface area contributed by atoms with E-state index in [9.17, 15) is 0 Å². The van der Waals surface area contributed by atoms with Gasteiger partial charge in [0.1, 0.15) is 5.82 Å². The number of fused-ring (bicyclic) bond motifs is 1. The molecule has 5 rings (SSSR count). The molecule has 0 bridgehead atoms. The lowest BCUT2D eigenvalue weighted by atomic mass is 9.90. The predicted octanol–water partition coefficient (Wildman–Crippen LogP) is 3.23. The fraction of sp³-hybridized carbons (Fsp3) is 0.571. The number of hydrogen-bond donors (Lipinski definition) is 1. The van der Waals surface area contributed by atoms with Gasteiger partial charge in [0.25, 0.3) is 0 Å². The van der Waals surface area contributed by atoms with E-state index in [0.29, 0.717) is 5.82 Å². The zero-order chi connectivity index (χ0) is 19.8. The Morgan fingerprint density at radius 3 is 2.48 bits per heavy atom. The molecule has 0 amide bonds. The summed E-state index contributed by atoms with van der Waals surface area (Å²) in [6, 6.07) is 0. The van der Waals surface area contributed by atoms with E-state index in [0.717, 1.165) is 48.6 Å². The molecule has 152 valence electrons. The average molecular weight is 393 g/mol. The van der Waals surface area contributed by atoms with E-state index in [2.05, 4.69) is 37.5 Å². The summed E-state index contributed by atoms with van der Waals surface area (Å²) in [7, 11) is 2.00. The fourth-order valence-corrected chi connectivity index (χ4v) is 4.76. The Balaban J connectivity index is 1.83. The number of rotatable bonds is 3. The maximum absolute atomic E-state index is 5.25. The molecule has 0 radical (unpaired) electrons. The summed E-state index contributed by atoms with van der Waals surface area (Å²) >= 11 is 0. The summed E-state index contributed by atoms with van der Waals surface area (Å²) in [4.78, 5) is 7.68. The van der Waals surface area contributed by atoms with Crippen molar-refractivity contribution in [3.63, 3.8) is 0 Å². The summed E-state index contributed by atoms with van der Waals surface area (Å²) in [5, 5.41) is 19.9. The molecule has 0 spiro atoms. The van der Waals surface area contributed by atoms with Crippen molar-refractivity contribution in [2.75, 3.05) is 18.0 Å². The van der Waals surface area contributed by atoms with Crippen molar-refractivity contribution in [2.24, 2.45) is 7.05 Å². The second-order valence-electron chi connectivity index (χ2n) is 8.22. The molecule has 1 aliphatic carbocycles. The van der Waals surface area contributed by atoms with Crippen LogP contribution in [0.1, 0.15) is 55.5 Å². The molecule has 0 saturated carbocycles. The molecule has 8 nitrogen and oxygen atoms in total. The molecule has 8 heteroatoms. The van der Waals surface area contributed by atoms with Gasteiger partial charge in [0, 0.05) is 42.7 Å². The molecular formula is C21H28N8. The number of aryl methyl sites for hydroxylation is 2. The van der Waals surface area contributed by atoms with E-state index in [-0.39, 0.29) is 0 Å². The number of aromatic amines is 1. The molecule has 29 heavy (non-hydrogen) atoms. The van der Waals surface area contributed by atoms with Crippen LogP contribution >= 0.6 is 0 Å². The van der Waals surface area contributed by atoms with Gasteiger partial charge in [-0.2, -0.15) is 10.3 Å². The SMILES string of the molecule is Cc1c(-c2c3c(nc(N4CCCCC4)c2-c2nn[nH]n2)CCCCC3)cnn1C. The van der Waals surface area contributed by atoms with Crippen LogP contribution in [0.15, 0.2) is 6.20 Å². The minimum Gasteiger partial charge on any atom is -0.356 e. The number of aromatic nitrogens is 7. The Morgan fingerprint density at radius 1 is 0.966 bits per heavy atom. The molecule has 0 atom stereocenters. The zero-order valence-electron chi connectivity index (χ0n) is 17.3. The van der Waals surface area contributed by atoms with Gasteiger partial charge in [0.05, 0.1) is 11.8 Å². The maximum Gasteiger partial charge on any atom is 0.209 e. The lowest BCUT2D eigenvalue weighted by Crippen LogP contribution is -2.31. The molecule has 3 aromatic heterocycles. The highest BCUT2D eigenvalue weighted by Crippen LogP contribution is 2.43. The Morgan fingerprint density at radius 2 is 1.76 bits per heavy atom. The van der Waals surface area contributed by atoms with E-state index in [1.165, 1.54) is 55.3 Å². The molecule has 1 aliphatic heterocycles. The van der Waals surface area contributed by atoms with Crippen molar-refractivity contribution < 1.29 is 0 Å². The molecule has 1 saturated heterocycles. The molecule has 3 aromatic rings. The number of anilines is 1. The van der Waals surface area contributed by atoms with Crippen molar-refractivity contribution in [3.05, 3.63) is 23.1 Å². The van der Waals surface area contributed by atoms with Crippen LogP contribution in [0.5, 0.6) is 0 Å². The number of piperidine rings is 1. The van der Waals surface area contributed by atoms with Gasteiger partial charge < -0.3 is 4.90 Å². The molecule has 4 heterocycles. The lowest BCUT2D eigenvalue weighted by Gasteiger charge is -2.31. The summed E-state index contributed by atoms with van der Waals surface area (Å²) < 4.78 is 1.94. The normalized spacial score (nSPS) is 17.2. The van der Waals surface area contributed by atoms with Crippen molar-refractivity contribution in [1.29, 1.82) is 0 Å². The minimum atomic E-state index is 0.628. The first-order valence-corrected chi connectivity index (χ1v) is 10.8. The molecule has 1 fully saturated rings. The van der Waals surface area contributed by atoms with Crippen LogP contribution in [-0.2, 0) is 19.9 Å². The van der Waals surface area contributed by atoms with Gasteiger partial charge in [-0.1, -0.05) is 6.42 Å². The van der Waals surface area contributed by atoms with Gasteiger partial charge in [-0.15, -0.1) is 10.2 Å². The van der Waals surface area contributed by atoms with Gasteiger partial charge in [0.15, 0.2) is 0 Å². The highest BCUT2D eigenvalue weighted by molar-refractivity contribution is 5.91. The van der Waals surface area contributed by atoms with Crippen molar-refractivity contribution in [2.45, 2.75) is 58.3 Å². The van der Waals surface area contributed by atoms with Crippen molar-refractivity contribution in [3.8, 4) is 22.5 Å². The Labute approximate surface area is 170 Å². The first-order valence-electron chi connectivity index (χ1n) is 10.8. The number of H-pyrrole nitrogens is 1. The van der Waals surface area contributed by atoms with E-state index in [1.54, 1.807) is 0 Å². The van der Waals surface area contributed by atoms with Crippen molar-refractivity contribution in [1.82, 2.24) is 35.4 Å². The van der Waals surface area contributed by atoms with E-state index in [4.69, 9.17) is 4.98 Å². The van der Waals surface area contributed by atoms with Gasteiger partial charge in [-0.3, -0.25) is 4.68 Å². The Kier molecular flexibility index (Phi) is 4.77. The lowest BCUT2D eigenvalue weighted by molar-refractivity contribution is 0.573. The third kappa shape index (κ3) is 3.20. The summed E-state index contributed by atoms with van der Waals surface area (Å²) in [5.74, 6) is 1.65. The van der Waals surface area contributed by atoms with Crippen LogP contribution in [-0.4, -0.2) is 48.5 Å². The third-order valence-corrected chi connectivity index (χ3v) is 6.43. The average Bonchev–Trinajstić information content (AvgIpc) is 3.32. The predicted molar refractivity (Wildman–Crippen MR) is 112 cm³/mol. The second-order valence-corrected chi connectivity index (χ2v) is 8.22. The molecule has 0 unspecified atom stereocenters. The highest BCUT2D eigenvalue weighted by atomic mass is 15.5. The standard InChI is InChI=1S/C21H28N8/c1-14-16(13-22-28(14)2)18-15-9-5-3-6-10-17(15)23-21(29-11-7-4-8-12-29)19(18)20-24-26-27-25-20/h13H,3-12H2,1-2H3,(H,24,25,26,27). The van der Waals surface area contributed by atoms with Crippen LogP contribution in [0.2, 0.25) is 0 Å². The topological polar surface area (TPSA) is 88.4 Å². The quantitative estimate of drug-likeness (QED) is 0.689. The molecule has 1 N–H and O–H groups in total.